The standard InChI is InChI=1S/C29H44FNO3/c1-17-18(24(30)32)8-11-27(4)20(17)9-12-28(5)21-10-13-29(25(33)31-34)15-14-26(2,3)16-22(29)19(21)6-7-23(27)28/h6,17-18,20-23,34H,7-16H2,1-5H3,(H,31,33)/t17-,18-,20?,21?,22-,23?,27-,28-,29+/m0/s1. The van der Waals surface area contributed by atoms with E-state index >= 15 is 0 Å². The van der Waals surface area contributed by atoms with E-state index in [1.165, 1.54) is 5.57 Å². The van der Waals surface area contributed by atoms with Crippen molar-refractivity contribution >= 4 is 11.9 Å². The molecule has 9 atom stereocenters. The Morgan fingerprint density at radius 3 is 2.35 bits per heavy atom. The van der Waals surface area contributed by atoms with Crippen LogP contribution in [0.25, 0.3) is 0 Å². The van der Waals surface area contributed by atoms with Crippen LogP contribution in [0.2, 0.25) is 0 Å². The first-order valence-corrected chi connectivity index (χ1v) is 13.7. The van der Waals surface area contributed by atoms with Gasteiger partial charge < -0.3 is 0 Å². The maximum absolute atomic E-state index is 13.8. The second kappa shape index (κ2) is 7.88. The van der Waals surface area contributed by atoms with Gasteiger partial charge in [0.1, 0.15) is 0 Å². The molecule has 0 aromatic heterocycles. The Labute approximate surface area is 204 Å². The summed E-state index contributed by atoms with van der Waals surface area (Å²) >= 11 is 0. The molecule has 0 aromatic carbocycles. The molecular formula is C29H44FNO3. The first kappa shape index (κ1) is 24.5. The highest BCUT2D eigenvalue weighted by Crippen LogP contribution is 2.71. The third-order valence-electron chi connectivity index (χ3n) is 12.3. The average molecular weight is 474 g/mol. The number of amides is 1. The van der Waals surface area contributed by atoms with Gasteiger partial charge in [-0.25, -0.2) is 5.48 Å². The van der Waals surface area contributed by atoms with Gasteiger partial charge in [0.15, 0.2) is 0 Å². The van der Waals surface area contributed by atoms with E-state index in [1.807, 2.05) is 0 Å². The first-order chi connectivity index (χ1) is 15.9. The third kappa shape index (κ3) is 3.24. The number of hydrogen-bond acceptors (Lipinski definition) is 3. The van der Waals surface area contributed by atoms with Crippen LogP contribution >= 0.6 is 0 Å². The molecule has 0 aliphatic heterocycles. The summed E-state index contributed by atoms with van der Waals surface area (Å²) in [4.78, 5) is 24.8. The molecule has 0 heterocycles. The van der Waals surface area contributed by atoms with E-state index in [-0.39, 0.29) is 34.0 Å². The number of hydroxylamine groups is 1. The molecule has 34 heavy (non-hydrogen) atoms. The molecule has 5 aliphatic carbocycles. The summed E-state index contributed by atoms with van der Waals surface area (Å²) in [5.74, 6) is 1.10. The fourth-order valence-corrected chi connectivity index (χ4v) is 10.4. The second-order valence-electron chi connectivity index (χ2n) is 14.1. The smallest absolute Gasteiger partial charge is 0.289 e. The Bertz CT molecular complexity index is 913. The lowest BCUT2D eigenvalue weighted by Gasteiger charge is -2.66. The lowest BCUT2D eigenvalue weighted by atomic mass is 9.38. The fraction of sp³-hybridized carbons (Fsp3) is 0.862. The van der Waals surface area contributed by atoms with Gasteiger partial charge in [0.25, 0.3) is 0 Å². The van der Waals surface area contributed by atoms with Gasteiger partial charge in [-0.3, -0.25) is 14.8 Å². The number of carbonyl (C=O) groups excluding carboxylic acids is 2. The molecule has 2 N–H and O–H groups in total. The Balaban J connectivity index is 1.52. The Morgan fingerprint density at radius 2 is 1.68 bits per heavy atom. The van der Waals surface area contributed by atoms with Crippen LogP contribution in [0.4, 0.5) is 4.39 Å². The lowest BCUT2D eigenvalue weighted by molar-refractivity contribution is -0.165. The summed E-state index contributed by atoms with van der Waals surface area (Å²) in [7, 11) is 0. The molecule has 0 aromatic rings. The molecule has 5 aliphatic rings. The van der Waals surface area contributed by atoms with Crippen LogP contribution in [0, 0.1) is 57.2 Å². The zero-order chi connectivity index (χ0) is 24.7. The summed E-state index contributed by atoms with van der Waals surface area (Å²) < 4.78 is 13.8. The minimum Gasteiger partial charge on any atom is -0.289 e. The summed E-state index contributed by atoms with van der Waals surface area (Å²) in [5, 5.41) is 9.66. The zero-order valence-electron chi connectivity index (χ0n) is 21.8. The van der Waals surface area contributed by atoms with Crippen LogP contribution in [0.15, 0.2) is 11.6 Å². The van der Waals surface area contributed by atoms with Gasteiger partial charge >= 0.3 is 6.04 Å². The molecule has 5 heteroatoms. The number of halogens is 1. The van der Waals surface area contributed by atoms with Gasteiger partial charge in [0.05, 0.1) is 11.3 Å². The summed E-state index contributed by atoms with van der Waals surface area (Å²) in [6, 6.07) is -1.11. The number of fused-ring (bicyclic) bond motifs is 7. The maximum Gasteiger partial charge on any atom is 0.304 e. The van der Waals surface area contributed by atoms with Gasteiger partial charge in [0.2, 0.25) is 5.91 Å². The van der Waals surface area contributed by atoms with Gasteiger partial charge in [0, 0.05) is 0 Å². The van der Waals surface area contributed by atoms with Crippen molar-refractivity contribution in [3.8, 4) is 0 Å². The highest BCUT2D eigenvalue weighted by atomic mass is 19.1. The van der Waals surface area contributed by atoms with E-state index in [0.29, 0.717) is 24.2 Å². The van der Waals surface area contributed by atoms with Gasteiger partial charge in [-0.2, -0.15) is 4.39 Å². The van der Waals surface area contributed by atoms with Crippen molar-refractivity contribution in [1.29, 1.82) is 0 Å². The van der Waals surface area contributed by atoms with Crippen LogP contribution in [0.3, 0.4) is 0 Å². The highest BCUT2D eigenvalue weighted by molar-refractivity contribution is 5.83. The molecule has 0 saturated heterocycles. The number of nitrogens with one attached hydrogen (secondary N) is 1. The van der Waals surface area contributed by atoms with E-state index in [0.717, 1.165) is 57.8 Å². The number of allylic oxidation sites excluding steroid dienone is 2. The van der Waals surface area contributed by atoms with Crippen LogP contribution in [0.1, 0.15) is 98.8 Å². The van der Waals surface area contributed by atoms with Gasteiger partial charge in [-0.05, 0) is 110 Å². The largest absolute Gasteiger partial charge is 0.304 e. The molecule has 0 radical (unpaired) electrons. The van der Waals surface area contributed by atoms with Crippen molar-refractivity contribution in [2.24, 2.45) is 57.2 Å². The zero-order valence-corrected chi connectivity index (χ0v) is 21.8. The predicted molar refractivity (Wildman–Crippen MR) is 129 cm³/mol. The normalized spacial score (nSPS) is 49.4. The van der Waals surface area contributed by atoms with Gasteiger partial charge in [-0.1, -0.05) is 46.3 Å². The number of carbonyl (C=O) groups is 2. The van der Waals surface area contributed by atoms with Crippen molar-refractivity contribution in [3.05, 3.63) is 11.6 Å². The minimum atomic E-state index is -1.11. The first-order valence-electron chi connectivity index (χ1n) is 13.7. The van der Waals surface area contributed by atoms with Crippen LogP contribution in [-0.2, 0) is 9.59 Å². The van der Waals surface area contributed by atoms with E-state index in [4.69, 9.17) is 0 Å². The maximum atomic E-state index is 13.8. The van der Waals surface area contributed by atoms with E-state index in [9.17, 15) is 19.2 Å². The molecule has 1 amide bonds. The molecule has 0 bridgehead atoms. The molecular weight excluding hydrogens is 429 g/mol. The van der Waals surface area contributed by atoms with Crippen molar-refractivity contribution in [3.63, 3.8) is 0 Å². The van der Waals surface area contributed by atoms with Crippen LogP contribution < -0.4 is 5.48 Å². The fourth-order valence-electron chi connectivity index (χ4n) is 10.4. The predicted octanol–water partition coefficient (Wildman–Crippen LogP) is 6.63. The lowest BCUT2D eigenvalue weighted by Crippen LogP contribution is -2.60. The molecule has 3 unspecified atom stereocenters. The summed E-state index contributed by atoms with van der Waals surface area (Å²) in [6.07, 6.45) is 12.0. The van der Waals surface area contributed by atoms with E-state index in [1.54, 1.807) is 0 Å². The topological polar surface area (TPSA) is 66.4 Å². The van der Waals surface area contributed by atoms with E-state index in [2.05, 4.69) is 46.2 Å². The van der Waals surface area contributed by atoms with Crippen molar-refractivity contribution in [2.45, 2.75) is 98.8 Å². The summed E-state index contributed by atoms with van der Waals surface area (Å²) in [5.41, 5.74) is 3.55. The van der Waals surface area contributed by atoms with Gasteiger partial charge in [-0.15, -0.1) is 0 Å². The molecule has 5 rings (SSSR count). The molecule has 190 valence electrons. The van der Waals surface area contributed by atoms with Crippen LogP contribution in [-0.4, -0.2) is 17.2 Å². The third-order valence-corrected chi connectivity index (χ3v) is 12.3. The SMILES string of the molecule is C[C@@H]1C2CC[C@@]3(C)C4CC[C@@]5(C(=O)NO)CCC(C)(C)C[C@H]5C4=CCC3[C@@]2(C)CC[C@@H]1C(=O)F. The minimum absolute atomic E-state index is 0.109. The second-order valence-corrected chi connectivity index (χ2v) is 14.1. The van der Waals surface area contributed by atoms with E-state index < -0.39 is 17.4 Å². The monoisotopic (exact) mass is 473 g/mol. The molecule has 4 saturated carbocycles. The average Bonchev–Trinajstić information content (AvgIpc) is 2.77. The van der Waals surface area contributed by atoms with Crippen LogP contribution in [0.5, 0.6) is 0 Å². The summed E-state index contributed by atoms with van der Waals surface area (Å²) in [6.45, 7) is 11.7. The highest BCUT2D eigenvalue weighted by Gasteiger charge is 2.64. The Morgan fingerprint density at radius 1 is 0.971 bits per heavy atom. The van der Waals surface area contributed by atoms with Crippen molar-refractivity contribution in [1.82, 2.24) is 5.48 Å². The molecule has 4 nitrogen and oxygen atoms in total. The Hall–Kier alpha value is -1.23. The van der Waals surface area contributed by atoms with Crippen molar-refractivity contribution in [2.75, 3.05) is 0 Å². The number of hydrogen-bond donors (Lipinski definition) is 2. The Kier molecular flexibility index (Phi) is 5.67. The number of rotatable bonds is 2. The van der Waals surface area contributed by atoms with Crippen molar-refractivity contribution < 1.29 is 19.2 Å². The quantitative estimate of drug-likeness (QED) is 0.205. The molecule has 0 spiro atoms. The molecule has 4 fully saturated rings.